The molecule has 0 radical (unpaired) electrons. The molecular formula is C17H14N2O4S. The number of furan rings is 1. The fourth-order valence-electron chi connectivity index (χ4n) is 2.07. The summed E-state index contributed by atoms with van der Waals surface area (Å²) >= 11 is 1.32. The number of benzene rings is 1. The van der Waals surface area contributed by atoms with Gasteiger partial charge in [-0.25, -0.2) is 9.78 Å². The van der Waals surface area contributed by atoms with E-state index in [4.69, 9.17) is 4.42 Å². The first-order chi connectivity index (χ1) is 11.7. The second kappa shape index (κ2) is 7.18. The number of carbonyl (C=O) groups is 1. The predicted molar refractivity (Wildman–Crippen MR) is 89.9 cm³/mol. The summed E-state index contributed by atoms with van der Waals surface area (Å²) < 4.78 is 9.98. The summed E-state index contributed by atoms with van der Waals surface area (Å²) in [6, 6.07) is 14.2. The lowest BCUT2D eigenvalue weighted by molar-refractivity contribution is 0.0563. The van der Waals surface area contributed by atoms with Crippen LogP contribution in [0.5, 0.6) is 0 Å². The van der Waals surface area contributed by atoms with Crippen molar-refractivity contribution in [3.63, 3.8) is 0 Å². The summed E-state index contributed by atoms with van der Waals surface area (Å²) in [5, 5.41) is 0.484. The van der Waals surface area contributed by atoms with Gasteiger partial charge in [-0.1, -0.05) is 42.1 Å². The van der Waals surface area contributed by atoms with Gasteiger partial charge in [-0.3, -0.25) is 4.79 Å². The molecule has 0 aliphatic heterocycles. The van der Waals surface area contributed by atoms with E-state index in [1.165, 1.54) is 24.9 Å². The second-order valence-electron chi connectivity index (χ2n) is 4.85. The minimum atomic E-state index is -0.524. The number of hydrogen-bond acceptors (Lipinski definition) is 6. The molecule has 3 rings (SSSR count). The van der Waals surface area contributed by atoms with E-state index in [0.29, 0.717) is 22.4 Å². The molecule has 6 nitrogen and oxygen atoms in total. The number of esters is 1. The van der Waals surface area contributed by atoms with Crippen molar-refractivity contribution in [2.24, 2.45) is 0 Å². The van der Waals surface area contributed by atoms with Gasteiger partial charge in [-0.2, -0.15) is 0 Å². The minimum Gasteiger partial charge on any atom is -0.463 e. The molecule has 0 spiro atoms. The predicted octanol–water partition coefficient (Wildman–Crippen LogP) is 3.11. The molecule has 7 heteroatoms. The van der Waals surface area contributed by atoms with Gasteiger partial charge in [0.05, 0.1) is 18.6 Å². The van der Waals surface area contributed by atoms with Crippen LogP contribution in [0.2, 0.25) is 0 Å². The second-order valence-corrected chi connectivity index (χ2v) is 5.81. The van der Waals surface area contributed by atoms with Crippen LogP contribution in [0.4, 0.5) is 0 Å². The molecule has 0 bridgehead atoms. The van der Waals surface area contributed by atoms with Crippen molar-refractivity contribution < 1.29 is 13.9 Å². The van der Waals surface area contributed by atoms with Crippen LogP contribution in [0, 0.1) is 0 Å². The van der Waals surface area contributed by atoms with Crippen molar-refractivity contribution >= 4 is 17.7 Å². The van der Waals surface area contributed by atoms with E-state index < -0.39 is 5.97 Å². The third kappa shape index (κ3) is 3.75. The molecule has 0 unspecified atom stereocenters. The monoisotopic (exact) mass is 342 g/mol. The molecule has 0 fully saturated rings. The van der Waals surface area contributed by atoms with Crippen molar-refractivity contribution in [2.45, 2.75) is 10.9 Å². The van der Waals surface area contributed by atoms with E-state index in [2.05, 4.69) is 14.7 Å². The van der Waals surface area contributed by atoms with Crippen LogP contribution >= 0.6 is 11.8 Å². The zero-order chi connectivity index (χ0) is 16.9. The SMILES string of the molecule is COC(=O)c1ccc(CSc2nc(-c3ccccc3)cc(=O)[nH]2)o1. The molecule has 0 atom stereocenters. The lowest BCUT2D eigenvalue weighted by Crippen LogP contribution is -2.08. The van der Waals surface area contributed by atoms with E-state index in [-0.39, 0.29) is 11.3 Å². The van der Waals surface area contributed by atoms with Crippen LogP contribution < -0.4 is 5.56 Å². The topological polar surface area (TPSA) is 85.2 Å². The van der Waals surface area contributed by atoms with Crippen molar-refractivity contribution in [3.8, 4) is 11.3 Å². The van der Waals surface area contributed by atoms with Gasteiger partial charge in [0.2, 0.25) is 5.76 Å². The number of nitrogens with zero attached hydrogens (tertiary/aromatic N) is 1. The number of hydrogen-bond donors (Lipinski definition) is 1. The van der Waals surface area contributed by atoms with E-state index in [9.17, 15) is 9.59 Å². The molecule has 0 aliphatic carbocycles. The average molecular weight is 342 g/mol. The van der Waals surface area contributed by atoms with Crippen molar-refractivity contribution in [1.29, 1.82) is 0 Å². The summed E-state index contributed by atoms with van der Waals surface area (Å²) in [6.07, 6.45) is 0. The molecule has 0 amide bonds. The maximum atomic E-state index is 11.8. The third-order valence-corrected chi connectivity index (χ3v) is 4.08. The Hall–Kier alpha value is -2.80. The Kier molecular flexibility index (Phi) is 4.81. The van der Waals surface area contributed by atoms with Crippen LogP contribution in [0.15, 0.2) is 62.9 Å². The molecule has 1 N–H and O–H groups in total. The Morgan fingerprint density at radius 3 is 2.79 bits per heavy atom. The number of aromatic nitrogens is 2. The molecule has 0 saturated heterocycles. The Morgan fingerprint density at radius 2 is 2.04 bits per heavy atom. The summed E-state index contributed by atoms with van der Waals surface area (Å²) in [5.74, 6) is 0.641. The molecule has 3 aromatic rings. The number of rotatable bonds is 5. The van der Waals surface area contributed by atoms with Gasteiger partial charge in [0.1, 0.15) is 5.76 Å². The minimum absolute atomic E-state index is 0.146. The smallest absolute Gasteiger partial charge is 0.373 e. The fraction of sp³-hybridized carbons (Fsp3) is 0.118. The standard InChI is InChI=1S/C17H14N2O4S/c1-22-16(21)14-8-7-12(23-14)10-24-17-18-13(9-15(20)19-17)11-5-3-2-4-6-11/h2-9H,10H2,1H3,(H,18,19,20). The summed E-state index contributed by atoms with van der Waals surface area (Å²) in [4.78, 5) is 30.3. The molecule has 24 heavy (non-hydrogen) atoms. The largest absolute Gasteiger partial charge is 0.463 e. The summed E-state index contributed by atoms with van der Waals surface area (Å²) in [5.41, 5.74) is 1.26. The Labute approximate surface area is 141 Å². The van der Waals surface area contributed by atoms with Gasteiger partial charge in [-0.15, -0.1) is 0 Å². The van der Waals surface area contributed by atoms with E-state index >= 15 is 0 Å². The van der Waals surface area contributed by atoms with E-state index in [1.807, 2.05) is 30.3 Å². The highest BCUT2D eigenvalue weighted by Crippen LogP contribution is 2.22. The molecule has 0 aliphatic rings. The number of ether oxygens (including phenoxy) is 1. The van der Waals surface area contributed by atoms with Gasteiger partial charge in [0, 0.05) is 11.6 Å². The molecule has 122 valence electrons. The van der Waals surface area contributed by atoms with Gasteiger partial charge >= 0.3 is 5.97 Å². The number of methoxy groups -OCH3 is 1. The summed E-state index contributed by atoms with van der Waals surface area (Å²) in [7, 11) is 1.29. The lowest BCUT2D eigenvalue weighted by atomic mass is 10.1. The normalized spacial score (nSPS) is 10.5. The maximum absolute atomic E-state index is 11.8. The molecule has 1 aromatic carbocycles. The molecular weight excluding hydrogens is 328 g/mol. The first kappa shape index (κ1) is 16.1. The highest BCUT2D eigenvalue weighted by Gasteiger charge is 2.12. The average Bonchev–Trinajstić information content (AvgIpc) is 3.08. The summed E-state index contributed by atoms with van der Waals surface area (Å²) in [6.45, 7) is 0. The van der Waals surface area contributed by atoms with E-state index in [0.717, 1.165) is 5.56 Å². The van der Waals surface area contributed by atoms with Crippen LogP contribution in [-0.2, 0) is 10.5 Å². The highest BCUT2D eigenvalue weighted by atomic mass is 32.2. The van der Waals surface area contributed by atoms with Crippen LogP contribution in [0.3, 0.4) is 0 Å². The quantitative estimate of drug-likeness (QED) is 0.436. The van der Waals surface area contributed by atoms with Crippen LogP contribution in [0.1, 0.15) is 16.3 Å². The lowest BCUT2D eigenvalue weighted by Gasteiger charge is -2.03. The van der Waals surface area contributed by atoms with Gasteiger partial charge in [0.15, 0.2) is 5.16 Å². The number of aromatic amines is 1. The van der Waals surface area contributed by atoms with Crippen molar-refractivity contribution in [2.75, 3.05) is 7.11 Å². The van der Waals surface area contributed by atoms with Crippen molar-refractivity contribution in [3.05, 3.63) is 70.4 Å². The Balaban J connectivity index is 1.76. The zero-order valence-corrected chi connectivity index (χ0v) is 13.6. The number of nitrogens with one attached hydrogen (secondary N) is 1. The first-order valence-electron chi connectivity index (χ1n) is 7.12. The van der Waals surface area contributed by atoms with Gasteiger partial charge < -0.3 is 14.1 Å². The van der Waals surface area contributed by atoms with Gasteiger partial charge in [0.25, 0.3) is 5.56 Å². The van der Waals surface area contributed by atoms with Gasteiger partial charge in [-0.05, 0) is 12.1 Å². The number of carbonyl (C=O) groups excluding carboxylic acids is 1. The number of H-pyrrole nitrogens is 1. The van der Waals surface area contributed by atoms with Crippen molar-refractivity contribution in [1.82, 2.24) is 9.97 Å². The first-order valence-corrected chi connectivity index (χ1v) is 8.11. The van der Waals surface area contributed by atoms with Crippen LogP contribution in [-0.4, -0.2) is 23.0 Å². The van der Waals surface area contributed by atoms with Crippen LogP contribution in [0.25, 0.3) is 11.3 Å². The highest BCUT2D eigenvalue weighted by molar-refractivity contribution is 7.98. The third-order valence-electron chi connectivity index (χ3n) is 3.19. The maximum Gasteiger partial charge on any atom is 0.373 e. The Morgan fingerprint density at radius 1 is 1.25 bits per heavy atom. The number of thioether (sulfide) groups is 1. The molecule has 2 aromatic heterocycles. The molecule has 0 saturated carbocycles. The zero-order valence-electron chi connectivity index (χ0n) is 12.8. The van der Waals surface area contributed by atoms with E-state index in [1.54, 1.807) is 12.1 Å². The Bertz CT molecular complexity index is 902. The fourth-order valence-corrected chi connectivity index (χ4v) is 2.84. The molecule has 2 heterocycles.